The fourth-order valence-electron chi connectivity index (χ4n) is 1.92. The summed E-state index contributed by atoms with van der Waals surface area (Å²) < 4.78 is 0. The van der Waals surface area contributed by atoms with Gasteiger partial charge in [0, 0.05) is 6.54 Å². The summed E-state index contributed by atoms with van der Waals surface area (Å²) in [5.41, 5.74) is -0.546. The van der Waals surface area contributed by atoms with Crippen LogP contribution in [0, 0.1) is 17.3 Å². The molecule has 1 aliphatic carbocycles. The second kappa shape index (κ2) is 4.85. The summed E-state index contributed by atoms with van der Waals surface area (Å²) in [7, 11) is 0. The van der Waals surface area contributed by atoms with Crippen LogP contribution in [-0.2, 0) is 9.59 Å². The number of hydrogen-bond donors (Lipinski definition) is 2. The first-order chi connectivity index (χ1) is 7.32. The molecular weight excluding hydrogens is 206 g/mol. The number of hydrogen-bond acceptors (Lipinski definition) is 2. The van der Waals surface area contributed by atoms with Crippen LogP contribution < -0.4 is 5.32 Å². The fourth-order valence-corrected chi connectivity index (χ4v) is 1.92. The van der Waals surface area contributed by atoms with Gasteiger partial charge >= 0.3 is 5.97 Å². The van der Waals surface area contributed by atoms with Crippen LogP contribution in [0.2, 0.25) is 0 Å². The Balaban J connectivity index is 2.50. The van der Waals surface area contributed by atoms with E-state index >= 15 is 0 Å². The lowest BCUT2D eigenvalue weighted by atomic mass is 9.79. The highest BCUT2D eigenvalue weighted by atomic mass is 16.4. The number of carbonyl (C=O) groups is 2. The number of aliphatic carboxylic acids is 1. The topological polar surface area (TPSA) is 66.4 Å². The number of carboxylic acid groups (broad SMARTS) is 1. The first-order valence-electron chi connectivity index (χ1n) is 5.83. The zero-order valence-electron chi connectivity index (χ0n) is 10.2. The summed E-state index contributed by atoms with van der Waals surface area (Å²) in [4.78, 5) is 22.8. The highest BCUT2D eigenvalue weighted by Gasteiger charge is 2.37. The van der Waals surface area contributed by atoms with Crippen molar-refractivity contribution in [2.24, 2.45) is 17.3 Å². The van der Waals surface area contributed by atoms with Crippen LogP contribution in [0.4, 0.5) is 0 Å². The van der Waals surface area contributed by atoms with Gasteiger partial charge in [-0.15, -0.1) is 0 Å². The second-order valence-electron chi connectivity index (χ2n) is 5.68. The van der Waals surface area contributed by atoms with Gasteiger partial charge < -0.3 is 10.4 Å². The first-order valence-corrected chi connectivity index (χ1v) is 5.83. The molecule has 1 aliphatic rings. The van der Waals surface area contributed by atoms with Crippen LogP contribution in [-0.4, -0.2) is 23.5 Å². The van der Waals surface area contributed by atoms with Crippen molar-refractivity contribution in [3.05, 3.63) is 0 Å². The third-order valence-electron chi connectivity index (χ3n) is 3.16. The highest BCUT2D eigenvalue weighted by molar-refractivity contribution is 5.97. The molecule has 0 aromatic carbocycles. The van der Waals surface area contributed by atoms with Gasteiger partial charge in [-0.25, -0.2) is 0 Å². The van der Waals surface area contributed by atoms with E-state index in [1.165, 1.54) is 6.42 Å². The fraction of sp³-hybridized carbons (Fsp3) is 0.833. The molecule has 1 saturated carbocycles. The molecule has 1 fully saturated rings. The van der Waals surface area contributed by atoms with Crippen molar-refractivity contribution in [3.8, 4) is 0 Å². The third kappa shape index (κ3) is 3.22. The van der Waals surface area contributed by atoms with Gasteiger partial charge in [0.15, 0.2) is 0 Å². The zero-order chi connectivity index (χ0) is 12.3. The summed E-state index contributed by atoms with van der Waals surface area (Å²) in [6.07, 6.45) is 3.52. The van der Waals surface area contributed by atoms with Gasteiger partial charge in [-0.05, 0) is 24.2 Å². The van der Waals surface area contributed by atoms with Gasteiger partial charge in [0.2, 0.25) is 5.91 Å². The molecule has 0 aliphatic heterocycles. The minimum Gasteiger partial charge on any atom is -0.481 e. The molecule has 0 heterocycles. The lowest BCUT2D eigenvalue weighted by molar-refractivity contribution is -0.151. The Bertz CT molecular complexity index is 276. The van der Waals surface area contributed by atoms with Crippen LogP contribution in [0.15, 0.2) is 0 Å². The summed E-state index contributed by atoms with van der Waals surface area (Å²) in [5.74, 6) is -1.81. The average molecular weight is 227 g/mol. The van der Waals surface area contributed by atoms with Crippen molar-refractivity contribution in [1.29, 1.82) is 0 Å². The van der Waals surface area contributed by atoms with Crippen molar-refractivity contribution < 1.29 is 14.7 Å². The lowest BCUT2D eigenvalue weighted by Gasteiger charge is -2.29. The predicted molar refractivity (Wildman–Crippen MR) is 60.9 cm³/mol. The highest BCUT2D eigenvalue weighted by Crippen LogP contribution is 2.28. The average Bonchev–Trinajstić information content (AvgIpc) is 1.96. The van der Waals surface area contributed by atoms with Gasteiger partial charge in [0.05, 0.1) is 0 Å². The van der Waals surface area contributed by atoms with E-state index in [1.54, 1.807) is 20.8 Å². The summed E-state index contributed by atoms with van der Waals surface area (Å²) in [6, 6.07) is 0. The number of amides is 1. The monoisotopic (exact) mass is 227 g/mol. The van der Waals surface area contributed by atoms with Gasteiger partial charge in [-0.1, -0.05) is 27.2 Å². The van der Waals surface area contributed by atoms with E-state index in [0.29, 0.717) is 12.5 Å². The Morgan fingerprint density at radius 2 is 1.94 bits per heavy atom. The molecule has 0 aromatic heterocycles. The van der Waals surface area contributed by atoms with Crippen LogP contribution in [0.5, 0.6) is 0 Å². The summed E-state index contributed by atoms with van der Waals surface area (Å²) in [5, 5.41) is 11.8. The molecule has 0 aromatic rings. The van der Waals surface area contributed by atoms with E-state index in [-0.39, 0.29) is 5.91 Å². The number of nitrogens with one attached hydrogen (secondary N) is 1. The molecule has 1 amide bonds. The predicted octanol–water partition coefficient (Wildman–Crippen LogP) is 1.65. The van der Waals surface area contributed by atoms with E-state index in [2.05, 4.69) is 5.32 Å². The van der Waals surface area contributed by atoms with Crippen molar-refractivity contribution in [1.82, 2.24) is 5.32 Å². The van der Waals surface area contributed by atoms with Gasteiger partial charge in [0.1, 0.15) is 5.92 Å². The molecule has 0 bridgehead atoms. The maximum absolute atomic E-state index is 11.8. The Morgan fingerprint density at radius 1 is 1.38 bits per heavy atom. The van der Waals surface area contributed by atoms with Crippen molar-refractivity contribution in [2.75, 3.05) is 6.54 Å². The van der Waals surface area contributed by atoms with E-state index < -0.39 is 17.3 Å². The molecule has 1 atom stereocenters. The molecule has 1 rings (SSSR count). The largest absolute Gasteiger partial charge is 0.481 e. The minimum atomic E-state index is -1.04. The second-order valence-corrected chi connectivity index (χ2v) is 5.68. The summed E-state index contributed by atoms with van der Waals surface area (Å²) in [6.45, 7) is 5.94. The molecule has 0 radical (unpaired) electrons. The molecule has 1 unspecified atom stereocenters. The number of carboxylic acids is 1. The number of carbonyl (C=O) groups excluding carboxylic acids is 1. The molecular formula is C12H21NO3. The first kappa shape index (κ1) is 13.0. The van der Waals surface area contributed by atoms with Crippen LogP contribution in [0.3, 0.4) is 0 Å². The van der Waals surface area contributed by atoms with Gasteiger partial charge in [0.25, 0.3) is 0 Å². The van der Waals surface area contributed by atoms with Crippen LogP contribution in [0.1, 0.15) is 40.0 Å². The Hall–Kier alpha value is -1.06. The Kier molecular flexibility index (Phi) is 3.94. The van der Waals surface area contributed by atoms with Crippen molar-refractivity contribution in [3.63, 3.8) is 0 Å². The Labute approximate surface area is 96.4 Å². The molecule has 2 N–H and O–H groups in total. The van der Waals surface area contributed by atoms with Gasteiger partial charge in [-0.3, -0.25) is 9.59 Å². The van der Waals surface area contributed by atoms with E-state index in [0.717, 1.165) is 12.8 Å². The van der Waals surface area contributed by atoms with Gasteiger partial charge in [-0.2, -0.15) is 0 Å². The number of rotatable bonds is 4. The molecule has 16 heavy (non-hydrogen) atoms. The quantitative estimate of drug-likeness (QED) is 0.718. The summed E-state index contributed by atoms with van der Waals surface area (Å²) >= 11 is 0. The molecule has 4 heteroatoms. The minimum absolute atomic E-state index is 0.355. The van der Waals surface area contributed by atoms with Crippen LogP contribution in [0.25, 0.3) is 0 Å². The van der Waals surface area contributed by atoms with E-state index in [1.807, 2.05) is 0 Å². The zero-order valence-corrected chi connectivity index (χ0v) is 10.2. The van der Waals surface area contributed by atoms with E-state index in [4.69, 9.17) is 5.11 Å². The maximum Gasteiger partial charge on any atom is 0.316 e. The van der Waals surface area contributed by atoms with Crippen molar-refractivity contribution in [2.45, 2.75) is 40.0 Å². The molecule has 0 saturated heterocycles. The van der Waals surface area contributed by atoms with Crippen LogP contribution >= 0.6 is 0 Å². The third-order valence-corrected chi connectivity index (χ3v) is 3.16. The molecule has 92 valence electrons. The standard InChI is InChI=1S/C12H21NO3/c1-12(2,3)9(11(15)16)10(14)13-7-8-5-4-6-8/h8-9H,4-7H2,1-3H3,(H,13,14)(H,15,16). The SMILES string of the molecule is CC(C)(C)C(C(=O)O)C(=O)NCC1CCC1. The van der Waals surface area contributed by atoms with Crippen molar-refractivity contribution >= 4 is 11.9 Å². The lowest BCUT2D eigenvalue weighted by Crippen LogP contribution is -2.44. The molecule has 0 spiro atoms. The maximum atomic E-state index is 11.8. The Morgan fingerprint density at radius 3 is 2.25 bits per heavy atom. The smallest absolute Gasteiger partial charge is 0.316 e. The molecule has 4 nitrogen and oxygen atoms in total. The van der Waals surface area contributed by atoms with E-state index in [9.17, 15) is 9.59 Å². The normalized spacial score (nSPS) is 18.7.